The van der Waals surface area contributed by atoms with E-state index in [1.165, 1.54) is 37.7 Å². The van der Waals surface area contributed by atoms with Gasteiger partial charge in [0.05, 0.1) is 12.4 Å². The van der Waals surface area contributed by atoms with Gasteiger partial charge < -0.3 is 19.2 Å². The van der Waals surface area contributed by atoms with Crippen molar-refractivity contribution in [3.63, 3.8) is 0 Å². The second kappa shape index (κ2) is 12.0. The van der Waals surface area contributed by atoms with Crippen molar-refractivity contribution in [1.82, 2.24) is 0 Å². The summed E-state index contributed by atoms with van der Waals surface area (Å²) >= 11 is 0. The van der Waals surface area contributed by atoms with Crippen LogP contribution >= 0.6 is 0 Å². The van der Waals surface area contributed by atoms with Gasteiger partial charge in [0.2, 0.25) is 0 Å². The van der Waals surface area contributed by atoms with Gasteiger partial charge in [-0.1, -0.05) is 78.1 Å². The van der Waals surface area contributed by atoms with Gasteiger partial charge in [0.25, 0.3) is 5.90 Å². The molecule has 7 nitrogen and oxygen atoms in total. The molecule has 1 saturated carbocycles. The van der Waals surface area contributed by atoms with E-state index in [0.717, 1.165) is 16.7 Å². The van der Waals surface area contributed by atoms with E-state index in [1.54, 1.807) is 12.4 Å². The molecule has 2 aromatic rings. The lowest BCUT2D eigenvalue weighted by Crippen LogP contribution is -2.19. The fourth-order valence-electron chi connectivity index (χ4n) is 4.06. The average Bonchev–Trinajstić information content (AvgIpc) is 2.88. The minimum atomic E-state index is -0.135. The van der Waals surface area contributed by atoms with Crippen molar-refractivity contribution in [2.75, 3.05) is 19.8 Å². The monoisotopic (exact) mass is 449 g/mol. The summed E-state index contributed by atoms with van der Waals surface area (Å²) < 4.78 is 5.29. The van der Waals surface area contributed by atoms with Crippen LogP contribution in [0.4, 0.5) is 0 Å². The van der Waals surface area contributed by atoms with Crippen molar-refractivity contribution >= 4 is 18.3 Å². The predicted molar refractivity (Wildman–Crippen MR) is 129 cm³/mol. The molecule has 2 aliphatic rings. The van der Waals surface area contributed by atoms with Gasteiger partial charge in [-0.15, -0.1) is 0 Å². The Bertz CT molecular complexity index is 966. The summed E-state index contributed by atoms with van der Waals surface area (Å²) in [4.78, 5) is 15.9. The Kier molecular flexibility index (Phi) is 8.33. The summed E-state index contributed by atoms with van der Waals surface area (Å²) in [6, 6.07) is 16.6. The summed E-state index contributed by atoms with van der Waals surface area (Å²) in [6.07, 6.45) is 9.86. The van der Waals surface area contributed by atoms with E-state index in [2.05, 4.69) is 39.7 Å². The van der Waals surface area contributed by atoms with Crippen molar-refractivity contribution in [3.8, 4) is 0 Å². The highest BCUT2D eigenvalue weighted by atomic mass is 16.7. The highest BCUT2D eigenvalue weighted by molar-refractivity contribution is 5.93. The summed E-state index contributed by atoms with van der Waals surface area (Å²) in [6.45, 7) is 3.04. The SMILES string of the molecule is CC(O/N=C/c1ccccc1/C=N/OCC1=NOCCO1)c1ccc(C2CCCCC2)cc1. The maximum Gasteiger partial charge on any atom is 0.267 e. The maximum absolute atomic E-state index is 5.72. The highest BCUT2D eigenvalue weighted by Crippen LogP contribution is 2.33. The van der Waals surface area contributed by atoms with Crippen LogP contribution in [0.15, 0.2) is 64.0 Å². The van der Waals surface area contributed by atoms with Gasteiger partial charge in [0.15, 0.2) is 13.2 Å². The summed E-state index contributed by atoms with van der Waals surface area (Å²) in [5, 5.41) is 12.0. The molecule has 174 valence electrons. The minimum Gasteiger partial charge on any atom is -0.472 e. The second-order valence-electron chi connectivity index (χ2n) is 8.29. The summed E-state index contributed by atoms with van der Waals surface area (Å²) in [7, 11) is 0. The number of hydrogen-bond donors (Lipinski definition) is 0. The Balaban J connectivity index is 1.29. The zero-order valence-electron chi connectivity index (χ0n) is 19.1. The van der Waals surface area contributed by atoms with Crippen LogP contribution in [0.5, 0.6) is 0 Å². The molecule has 33 heavy (non-hydrogen) atoms. The smallest absolute Gasteiger partial charge is 0.267 e. The molecule has 0 amide bonds. The molecule has 7 heteroatoms. The van der Waals surface area contributed by atoms with Crippen molar-refractivity contribution < 1.29 is 19.2 Å². The molecule has 2 aromatic carbocycles. The lowest BCUT2D eigenvalue weighted by atomic mass is 9.84. The normalized spacial score (nSPS) is 17.9. The van der Waals surface area contributed by atoms with Gasteiger partial charge in [0.1, 0.15) is 12.7 Å². The topological polar surface area (TPSA) is 74.0 Å². The predicted octanol–water partition coefficient (Wildman–Crippen LogP) is 5.56. The first-order chi connectivity index (χ1) is 16.3. The molecule has 1 aliphatic heterocycles. The Morgan fingerprint density at radius 1 is 0.970 bits per heavy atom. The van der Waals surface area contributed by atoms with E-state index in [-0.39, 0.29) is 12.7 Å². The molecule has 0 saturated heterocycles. The van der Waals surface area contributed by atoms with Crippen LogP contribution < -0.4 is 0 Å². The molecule has 0 N–H and O–H groups in total. The van der Waals surface area contributed by atoms with E-state index < -0.39 is 0 Å². The first-order valence-electron chi connectivity index (χ1n) is 11.6. The summed E-state index contributed by atoms with van der Waals surface area (Å²) in [5.41, 5.74) is 4.29. The molecular weight excluding hydrogens is 418 g/mol. The fraction of sp³-hybridized carbons (Fsp3) is 0.423. The second-order valence-corrected chi connectivity index (χ2v) is 8.29. The van der Waals surface area contributed by atoms with Gasteiger partial charge in [0, 0.05) is 11.1 Å². The van der Waals surface area contributed by atoms with Gasteiger partial charge >= 0.3 is 0 Å². The first-order valence-corrected chi connectivity index (χ1v) is 11.6. The Morgan fingerprint density at radius 3 is 2.39 bits per heavy atom. The Hall–Kier alpha value is -3.35. The Morgan fingerprint density at radius 2 is 1.70 bits per heavy atom. The van der Waals surface area contributed by atoms with Crippen LogP contribution in [-0.2, 0) is 19.2 Å². The van der Waals surface area contributed by atoms with Gasteiger partial charge in [-0.05, 0) is 42.0 Å². The van der Waals surface area contributed by atoms with Crippen molar-refractivity contribution in [1.29, 1.82) is 0 Å². The number of oxime groups is 3. The molecule has 1 unspecified atom stereocenters. The van der Waals surface area contributed by atoms with Crippen LogP contribution in [0.25, 0.3) is 0 Å². The number of hydrogen-bond acceptors (Lipinski definition) is 7. The maximum atomic E-state index is 5.72. The largest absolute Gasteiger partial charge is 0.472 e. The number of nitrogens with zero attached hydrogens (tertiary/aromatic N) is 3. The quantitative estimate of drug-likeness (QED) is 0.371. The lowest BCUT2D eigenvalue weighted by Gasteiger charge is -2.22. The van der Waals surface area contributed by atoms with Crippen LogP contribution in [0.3, 0.4) is 0 Å². The van der Waals surface area contributed by atoms with E-state index in [1.807, 2.05) is 31.2 Å². The Labute approximate surface area is 195 Å². The standard InChI is InChI=1S/C26H31N3O4/c1-20(21-11-13-23(14-12-21)22-7-3-2-4-8-22)33-28-18-25-10-6-5-9-24(25)17-27-32-19-26-29-31-16-15-30-26/h5-6,9-14,17-18,20,22H,2-4,7-8,15-16,19H2,1H3/b27-17+,28-18+. The van der Waals surface area contributed by atoms with Crippen molar-refractivity contribution in [3.05, 3.63) is 70.8 Å². The molecule has 1 aliphatic carbocycles. The third-order valence-electron chi connectivity index (χ3n) is 5.95. The molecule has 1 heterocycles. The third kappa shape index (κ3) is 6.81. The highest BCUT2D eigenvalue weighted by Gasteiger charge is 2.16. The lowest BCUT2D eigenvalue weighted by molar-refractivity contribution is 0.0495. The first kappa shape index (κ1) is 22.8. The molecule has 0 spiro atoms. The van der Waals surface area contributed by atoms with Gasteiger partial charge in [-0.3, -0.25) is 0 Å². The van der Waals surface area contributed by atoms with E-state index >= 15 is 0 Å². The van der Waals surface area contributed by atoms with Gasteiger partial charge in [-0.2, -0.15) is 0 Å². The molecule has 0 bridgehead atoms. The summed E-state index contributed by atoms with van der Waals surface area (Å²) in [5.74, 6) is 1.09. The van der Waals surface area contributed by atoms with Crippen LogP contribution in [0.2, 0.25) is 0 Å². The number of benzene rings is 2. The van der Waals surface area contributed by atoms with Crippen LogP contribution in [0.1, 0.15) is 73.3 Å². The van der Waals surface area contributed by atoms with E-state index in [4.69, 9.17) is 19.2 Å². The van der Waals surface area contributed by atoms with E-state index in [9.17, 15) is 0 Å². The zero-order valence-corrected chi connectivity index (χ0v) is 19.1. The van der Waals surface area contributed by atoms with Gasteiger partial charge in [-0.25, -0.2) is 0 Å². The molecular formula is C26H31N3O4. The van der Waals surface area contributed by atoms with Crippen molar-refractivity contribution in [2.45, 2.75) is 51.0 Å². The molecule has 4 rings (SSSR count). The molecule has 0 radical (unpaired) electrons. The van der Waals surface area contributed by atoms with Crippen LogP contribution in [0, 0.1) is 0 Å². The number of ether oxygens (including phenoxy) is 1. The third-order valence-corrected chi connectivity index (χ3v) is 5.95. The average molecular weight is 450 g/mol. The van der Waals surface area contributed by atoms with Crippen molar-refractivity contribution in [2.24, 2.45) is 15.5 Å². The fourth-order valence-corrected chi connectivity index (χ4v) is 4.06. The molecule has 0 aromatic heterocycles. The molecule has 1 atom stereocenters. The van der Waals surface area contributed by atoms with E-state index in [0.29, 0.717) is 25.0 Å². The number of rotatable bonds is 9. The zero-order chi connectivity index (χ0) is 22.7. The van der Waals surface area contributed by atoms with Crippen LogP contribution in [-0.4, -0.2) is 38.1 Å². The molecule has 1 fully saturated rings. The minimum absolute atomic E-state index is 0.118.